The topological polar surface area (TPSA) is 35.5 Å². The molecule has 2 rings (SSSR count). The van der Waals surface area contributed by atoms with Gasteiger partial charge in [0.2, 0.25) is 0 Å². The van der Waals surface area contributed by atoms with Crippen LogP contribution in [0, 0.1) is 11.8 Å². The zero-order chi connectivity index (χ0) is 19.6. The molecule has 0 heterocycles. The molecule has 0 aliphatic carbocycles. The quantitative estimate of drug-likeness (QED) is 0.436. The predicted octanol–water partition coefficient (Wildman–Crippen LogP) is 2.95. The molecule has 0 fully saturated rings. The largest absolute Gasteiger partial charge is 1.00 e. The predicted molar refractivity (Wildman–Crippen MR) is 114 cm³/mol. The molecule has 0 bridgehead atoms. The number of rotatable bonds is 11. The summed E-state index contributed by atoms with van der Waals surface area (Å²) in [6.07, 6.45) is 1.98. The van der Waals surface area contributed by atoms with Gasteiger partial charge >= 0.3 is 18.9 Å². The van der Waals surface area contributed by atoms with Crippen molar-refractivity contribution in [3.63, 3.8) is 0 Å². The molecule has 2 aromatic rings. The number of carbonyl (C=O) groups excluding carboxylic acids is 1. The van der Waals surface area contributed by atoms with Crippen LogP contribution in [-0.4, -0.2) is 18.7 Å². The molecule has 0 radical (unpaired) electrons. The van der Waals surface area contributed by atoms with E-state index in [4.69, 9.17) is 9.47 Å². The standard InChI is InChI=1S/C23H30O3P.Li/c1-17(2)12-14-25-20-10-11-22(21(16-20)26-15-13-18(3)4)27-23(24)19-8-6-5-7-9-19;/h5-11,16-18H,12-15H2,1-4H3;/q-1;+1. The Labute approximate surface area is 183 Å². The van der Waals surface area contributed by atoms with Crippen LogP contribution >= 0.6 is 8.58 Å². The molecule has 0 aliphatic heterocycles. The minimum absolute atomic E-state index is 0. The Morgan fingerprint density at radius 1 is 0.893 bits per heavy atom. The van der Waals surface area contributed by atoms with Crippen LogP contribution in [0.15, 0.2) is 48.5 Å². The summed E-state index contributed by atoms with van der Waals surface area (Å²) in [5, 5.41) is 0.879. The van der Waals surface area contributed by atoms with Gasteiger partial charge in [0.15, 0.2) is 0 Å². The summed E-state index contributed by atoms with van der Waals surface area (Å²) >= 11 is 0. The van der Waals surface area contributed by atoms with Crippen molar-refractivity contribution in [2.75, 3.05) is 13.2 Å². The summed E-state index contributed by atoms with van der Waals surface area (Å²) in [6, 6.07) is 15.2. The van der Waals surface area contributed by atoms with E-state index in [9.17, 15) is 4.79 Å². The average molecular weight is 392 g/mol. The van der Waals surface area contributed by atoms with Gasteiger partial charge in [0.1, 0.15) is 5.75 Å². The zero-order valence-corrected chi connectivity index (χ0v) is 18.7. The van der Waals surface area contributed by atoms with Crippen LogP contribution in [0.4, 0.5) is 0 Å². The van der Waals surface area contributed by atoms with E-state index in [1.54, 1.807) is 0 Å². The molecule has 0 aliphatic rings. The minimum atomic E-state index is 0. The Morgan fingerprint density at radius 3 is 2.11 bits per heavy atom. The van der Waals surface area contributed by atoms with Gasteiger partial charge in [0.25, 0.3) is 0 Å². The fourth-order valence-electron chi connectivity index (χ4n) is 2.36. The molecule has 0 aromatic heterocycles. The third kappa shape index (κ3) is 8.83. The van der Waals surface area contributed by atoms with Crippen LogP contribution in [0.1, 0.15) is 50.9 Å². The second-order valence-electron chi connectivity index (χ2n) is 7.47. The fraction of sp³-hybridized carbons (Fsp3) is 0.435. The normalized spacial score (nSPS) is 11.1. The van der Waals surface area contributed by atoms with Crippen LogP contribution in [0.25, 0.3) is 0 Å². The SMILES string of the molecule is CC(C)CCOc1ccc([P-]C(=O)c2ccccc2)c(OCCC(C)C)c1.[Li+]. The summed E-state index contributed by atoms with van der Waals surface area (Å²) < 4.78 is 11.9. The monoisotopic (exact) mass is 392 g/mol. The van der Waals surface area contributed by atoms with Crippen LogP contribution in [0.3, 0.4) is 0 Å². The molecule has 0 saturated heterocycles. The summed E-state index contributed by atoms with van der Waals surface area (Å²) in [7, 11) is 0.618. The first-order valence-corrected chi connectivity index (χ1v) is 10.6. The Morgan fingerprint density at radius 2 is 1.50 bits per heavy atom. The van der Waals surface area contributed by atoms with Gasteiger partial charge in [-0.2, -0.15) is 5.30 Å². The van der Waals surface area contributed by atoms with E-state index in [1.807, 2.05) is 48.5 Å². The van der Waals surface area contributed by atoms with Crippen LogP contribution in [-0.2, 0) is 0 Å². The van der Waals surface area contributed by atoms with Crippen molar-refractivity contribution >= 4 is 19.4 Å². The van der Waals surface area contributed by atoms with E-state index in [1.165, 1.54) is 0 Å². The maximum absolute atomic E-state index is 12.6. The number of ether oxygens (including phenoxy) is 2. The van der Waals surface area contributed by atoms with Gasteiger partial charge in [-0.05, 0) is 36.3 Å². The molecule has 2 aromatic carbocycles. The minimum Gasteiger partial charge on any atom is -0.496 e. The summed E-state index contributed by atoms with van der Waals surface area (Å²) in [5.41, 5.74) is 0.780. The smallest absolute Gasteiger partial charge is 0.496 e. The molecule has 0 amide bonds. The van der Waals surface area contributed by atoms with Crippen molar-refractivity contribution in [2.24, 2.45) is 11.8 Å². The van der Waals surface area contributed by atoms with Crippen molar-refractivity contribution in [3.8, 4) is 11.5 Å². The van der Waals surface area contributed by atoms with E-state index in [2.05, 4.69) is 27.7 Å². The molecule has 0 saturated carbocycles. The van der Waals surface area contributed by atoms with Crippen molar-refractivity contribution in [1.29, 1.82) is 0 Å². The second kappa shape index (κ2) is 13.1. The third-order valence-electron chi connectivity index (χ3n) is 4.09. The van der Waals surface area contributed by atoms with Gasteiger partial charge in [-0.1, -0.05) is 64.1 Å². The third-order valence-corrected chi connectivity index (χ3v) is 5.16. The molecule has 5 heteroatoms. The van der Waals surface area contributed by atoms with Gasteiger partial charge in [-0.25, -0.2) is 0 Å². The molecule has 0 spiro atoms. The van der Waals surface area contributed by atoms with Crippen LogP contribution in [0.2, 0.25) is 0 Å². The summed E-state index contributed by atoms with van der Waals surface area (Å²) in [6.45, 7) is 10.0. The number of hydrogen-bond acceptors (Lipinski definition) is 3. The van der Waals surface area contributed by atoms with Crippen molar-refractivity contribution in [3.05, 3.63) is 54.1 Å². The maximum atomic E-state index is 12.6. The van der Waals surface area contributed by atoms with E-state index in [-0.39, 0.29) is 24.4 Å². The van der Waals surface area contributed by atoms with Crippen LogP contribution in [0.5, 0.6) is 11.5 Å². The van der Waals surface area contributed by atoms with Crippen molar-refractivity contribution < 1.29 is 33.1 Å². The van der Waals surface area contributed by atoms with Gasteiger partial charge in [0.05, 0.1) is 19.0 Å². The first kappa shape index (κ1) is 24.8. The fourth-order valence-corrected chi connectivity index (χ4v) is 3.25. The summed E-state index contributed by atoms with van der Waals surface area (Å²) in [5.74, 6) is 2.71. The van der Waals surface area contributed by atoms with E-state index in [0.717, 1.165) is 29.6 Å². The Balaban J connectivity index is 0.00000392. The molecule has 28 heavy (non-hydrogen) atoms. The van der Waals surface area contributed by atoms with Crippen LogP contribution < -0.4 is 33.6 Å². The number of carbonyl (C=O) groups is 1. The Kier molecular flexibility index (Phi) is 11.5. The summed E-state index contributed by atoms with van der Waals surface area (Å²) in [4.78, 5) is 12.6. The molecule has 3 nitrogen and oxygen atoms in total. The Hall–Kier alpha value is -1.26. The molecule has 146 valence electrons. The molecule has 0 N–H and O–H groups in total. The second-order valence-corrected chi connectivity index (χ2v) is 8.59. The van der Waals surface area contributed by atoms with Crippen molar-refractivity contribution in [1.82, 2.24) is 0 Å². The van der Waals surface area contributed by atoms with Gasteiger partial charge in [0, 0.05) is 11.6 Å². The molecular formula is C23H30LiO3P. The number of hydrogen-bond donors (Lipinski definition) is 0. The van der Waals surface area contributed by atoms with Gasteiger partial charge < -0.3 is 22.8 Å². The van der Waals surface area contributed by atoms with Gasteiger partial charge in [-0.3, -0.25) is 0 Å². The van der Waals surface area contributed by atoms with Crippen molar-refractivity contribution in [2.45, 2.75) is 40.5 Å². The molecule has 0 atom stereocenters. The molecular weight excluding hydrogens is 362 g/mol. The molecule has 0 unspecified atom stereocenters. The first-order chi connectivity index (χ1) is 13.0. The van der Waals surface area contributed by atoms with E-state index in [0.29, 0.717) is 39.2 Å². The van der Waals surface area contributed by atoms with Gasteiger partial charge in [-0.15, -0.1) is 0 Å². The number of benzene rings is 2. The first-order valence-electron chi connectivity index (χ1n) is 9.66. The van der Waals surface area contributed by atoms with E-state index < -0.39 is 0 Å². The Bertz CT molecular complexity index is 717. The maximum Gasteiger partial charge on any atom is 1.00 e. The van der Waals surface area contributed by atoms with E-state index >= 15 is 0 Å². The average Bonchev–Trinajstić information content (AvgIpc) is 2.63. The zero-order valence-electron chi connectivity index (χ0n) is 17.8.